The Morgan fingerprint density at radius 1 is 1.17 bits per heavy atom. The largest absolute Gasteiger partial charge is 0.459 e. The minimum atomic E-state index is -0.641. The average Bonchev–Trinajstić information content (AvgIpc) is 3.06. The van der Waals surface area contributed by atoms with Crippen molar-refractivity contribution in [2.75, 3.05) is 5.32 Å². The van der Waals surface area contributed by atoms with Crippen LogP contribution in [-0.2, 0) is 11.2 Å². The summed E-state index contributed by atoms with van der Waals surface area (Å²) in [5.74, 6) is -0.501. The lowest BCUT2D eigenvalue weighted by molar-refractivity contribution is -0.118. The van der Waals surface area contributed by atoms with Crippen LogP contribution in [0, 0.1) is 5.92 Å². The second-order valence-electron chi connectivity index (χ2n) is 5.72. The maximum absolute atomic E-state index is 12.5. The lowest BCUT2D eigenvalue weighted by Gasteiger charge is -2.21. The molecule has 0 aliphatic heterocycles. The summed E-state index contributed by atoms with van der Waals surface area (Å²) < 4.78 is 5.06. The van der Waals surface area contributed by atoms with Gasteiger partial charge in [0.15, 0.2) is 5.76 Å². The van der Waals surface area contributed by atoms with Crippen LogP contribution in [-0.4, -0.2) is 17.9 Å². The van der Waals surface area contributed by atoms with E-state index in [1.165, 1.54) is 6.26 Å². The van der Waals surface area contributed by atoms with Crippen molar-refractivity contribution in [1.29, 1.82) is 0 Å². The Hall–Kier alpha value is -2.56. The second kappa shape index (κ2) is 7.63. The van der Waals surface area contributed by atoms with E-state index in [4.69, 9.17) is 4.42 Å². The van der Waals surface area contributed by atoms with E-state index >= 15 is 0 Å². The van der Waals surface area contributed by atoms with E-state index in [-0.39, 0.29) is 17.6 Å². The molecule has 0 saturated heterocycles. The molecule has 0 radical (unpaired) electrons. The molecule has 1 aromatic carbocycles. The second-order valence-corrected chi connectivity index (χ2v) is 5.72. The van der Waals surface area contributed by atoms with Crippen LogP contribution in [0.4, 0.5) is 5.69 Å². The SMILES string of the molecule is CCc1cccc(NC(=O)C(NC(=O)c2ccco2)C(C)C)c1. The Balaban J connectivity index is 2.07. The van der Waals surface area contributed by atoms with Crippen LogP contribution >= 0.6 is 0 Å². The van der Waals surface area contributed by atoms with Crippen LogP contribution < -0.4 is 10.6 Å². The van der Waals surface area contributed by atoms with Crippen LogP contribution in [0.2, 0.25) is 0 Å². The van der Waals surface area contributed by atoms with E-state index in [9.17, 15) is 9.59 Å². The Morgan fingerprint density at radius 3 is 2.57 bits per heavy atom. The third-order valence-electron chi connectivity index (χ3n) is 3.58. The Labute approximate surface area is 136 Å². The van der Waals surface area contributed by atoms with Gasteiger partial charge in [0.05, 0.1) is 6.26 Å². The highest BCUT2D eigenvalue weighted by Crippen LogP contribution is 2.13. The highest BCUT2D eigenvalue weighted by Gasteiger charge is 2.25. The predicted molar refractivity (Wildman–Crippen MR) is 89.2 cm³/mol. The van der Waals surface area contributed by atoms with Crippen molar-refractivity contribution < 1.29 is 14.0 Å². The predicted octanol–water partition coefficient (Wildman–Crippen LogP) is 3.24. The molecule has 0 fully saturated rings. The molecule has 5 heteroatoms. The Morgan fingerprint density at radius 2 is 1.96 bits per heavy atom. The number of hydrogen-bond donors (Lipinski definition) is 2. The molecule has 0 saturated carbocycles. The fraction of sp³-hybridized carbons (Fsp3) is 0.333. The van der Waals surface area contributed by atoms with Gasteiger partial charge in [0.2, 0.25) is 5.91 Å². The summed E-state index contributed by atoms with van der Waals surface area (Å²) in [5.41, 5.74) is 1.87. The zero-order valence-electron chi connectivity index (χ0n) is 13.6. The number of anilines is 1. The maximum Gasteiger partial charge on any atom is 0.287 e. The Kier molecular flexibility index (Phi) is 5.57. The normalized spacial score (nSPS) is 12.0. The number of furan rings is 1. The van der Waals surface area contributed by atoms with Crippen molar-refractivity contribution in [1.82, 2.24) is 5.32 Å². The van der Waals surface area contributed by atoms with E-state index in [2.05, 4.69) is 17.6 Å². The van der Waals surface area contributed by atoms with E-state index in [1.807, 2.05) is 38.1 Å². The van der Waals surface area contributed by atoms with E-state index in [0.717, 1.165) is 17.7 Å². The molecular formula is C18H22N2O3. The highest BCUT2D eigenvalue weighted by atomic mass is 16.3. The minimum Gasteiger partial charge on any atom is -0.459 e. The molecule has 0 bridgehead atoms. The minimum absolute atomic E-state index is 0.0525. The first-order valence-electron chi connectivity index (χ1n) is 7.75. The summed E-state index contributed by atoms with van der Waals surface area (Å²) in [6.45, 7) is 5.83. The van der Waals surface area contributed by atoms with Crippen LogP contribution in [0.25, 0.3) is 0 Å². The van der Waals surface area contributed by atoms with Gasteiger partial charge < -0.3 is 15.1 Å². The van der Waals surface area contributed by atoms with Crippen molar-refractivity contribution in [3.05, 3.63) is 54.0 Å². The van der Waals surface area contributed by atoms with Crippen LogP contribution in [0.5, 0.6) is 0 Å². The molecule has 1 heterocycles. The molecule has 0 aliphatic rings. The smallest absolute Gasteiger partial charge is 0.287 e. The van der Waals surface area contributed by atoms with Gasteiger partial charge in [-0.1, -0.05) is 32.9 Å². The summed E-state index contributed by atoms with van der Waals surface area (Å²) in [7, 11) is 0. The third-order valence-corrected chi connectivity index (χ3v) is 3.58. The fourth-order valence-corrected chi connectivity index (χ4v) is 2.24. The van der Waals surface area contributed by atoms with E-state index in [0.29, 0.717) is 0 Å². The number of nitrogens with one attached hydrogen (secondary N) is 2. The summed E-state index contributed by atoms with van der Waals surface area (Å²) in [6, 6.07) is 10.2. The molecular weight excluding hydrogens is 292 g/mol. The number of amides is 2. The zero-order valence-corrected chi connectivity index (χ0v) is 13.6. The quantitative estimate of drug-likeness (QED) is 0.860. The number of benzene rings is 1. The van der Waals surface area contributed by atoms with Crippen molar-refractivity contribution in [2.24, 2.45) is 5.92 Å². The zero-order chi connectivity index (χ0) is 16.8. The number of rotatable bonds is 6. The van der Waals surface area contributed by atoms with Gasteiger partial charge in [-0.3, -0.25) is 9.59 Å². The summed E-state index contributed by atoms with van der Waals surface area (Å²) in [4.78, 5) is 24.6. The van der Waals surface area contributed by atoms with Gasteiger partial charge in [-0.2, -0.15) is 0 Å². The van der Waals surface area contributed by atoms with Gasteiger partial charge >= 0.3 is 0 Å². The fourth-order valence-electron chi connectivity index (χ4n) is 2.24. The molecule has 0 spiro atoms. The lowest BCUT2D eigenvalue weighted by Crippen LogP contribution is -2.47. The van der Waals surface area contributed by atoms with Crippen LogP contribution in [0.1, 0.15) is 36.9 Å². The number of aryl methyl sites for hydroxylation is 1. The molecule has 1 atom stereocenters. The molecule has 2 amide bonds. The first kappa shape index (κ1) is 16.8. The van der Waals surface area contributed by atoms with Crippen molar-refractivity contribution in [3.8, 4) is 0 Å². The van der Waals surface area contributed by atoms with Crippen molar-refractivity contribution >= 4 is 17.5 Å². The summed E-state index contributed by atoms with van der Waals surface area (Å²) >= 11 is 0. The number of carbonyl (C=O) groups excluding carboxylic acids is 2. The topological polar surface area (TPSA) is 71.3 Å². The van der Waals surface area contributed by atoms with Gasteiger partial charge in [-0.05, 0) is 42.2 Å². The maximum atomic E-state index is 12.5. The third kappa shape index (κ3) is 4.45. The standard InChI is InChI=1S/C18H22N2O3/c1-4-13-7-5-8-14(11-13)19-18(22)16(12(2)3)20-17(21)15-9-6-10-23-15/h5-12,16H,4H2,1-3H3,(H,19,22)(H,20,21). The molecule has 122 valence electrons. The van der Waals surface area contributed by atoms with Gasteiger partial charge in [0.1, 0.15) is 6.04 Å². The number of carbonyl (C=O) groups is 2. The Bertz CT molecular complexity index is 663. The lowest BCUT2D eigenvalue weighted by atomic mass is 10.0. The molecule has 1 unspecified atom stereocenters. The number of hydrogen-bond acceptors (Lipinski definition) is 3. The van der Waals surface area contributed by atoms with Gasteiger partial charge in [-0.15, -0.1) is 0 Å². The molecule has 5 nitrogen and oxygen atoms in total. The van der Waals surface area contributed by atoms with E-state index in [1.54, 1.807) is 12.1 Å². The first-order valence-corrected chi connectivity index (χ1v) is 7.75. The summed E-state index contributed by atoms with van der Waals surface area (Å²) in [5, 5.41) is 5.59. The molecule has 2 rings (SSSR count). The van der Waals surface area contributed by atoms with Crippen LogP contribution in [0.3, 0.4) is 0 Å². The van der Waals surface area contributed by atoms with Crippen molar-refractivity contribution in [3.63, 3.8) is 0 Å². The summed E-state index contributed by atoms with van der Waals surface area (Å²) in [6.07, 6.45) is 2.32. The molecule has 0 aliphatic carbocycles. The van der Waals surface area contributed by atoms with Crippen molar-refractivity contribution in [2.45, 2.75) is 33.2 Å². The first-order chi connectivity index (χ1) is 11.0. The monoisotopic (exact) mass is 314 g/mol. The van der Waals surface area contributed by atoms with Gasteiger partial charge in [0, 0.05) is 5.69 Å². The average molecular weight is 314 g/mol. The molecule has 23 heavy (non-hydrogen) atoms. The molecule has 2 aromatic rings. The molecule has 2 N–H and O–H groups in total. The highest BCUT2D eigenvalue weighted by molar-refractivity contribution is 6.00. The molecule has 1 aromatic heterocycles. The van der Waals surface area contributed by atoms with Gasteiger partial charge in [0.25, 0.3) is 5.91 Å². The van der Waals surface area contributed by atoms with E-state index < -0.39 is 11.9 Å². The van der Waals surface area contributed by atoms with Crippen LogP contribution in [0.15, 0.2) is 47.1 Å². The van der Waals surface area contributed by atoms with Gasteiger partial charge in [-0.25, -0.2) is 0 Å².